The molecule has 2 N–H and O–H groups in total. The number of amides is 3. The minimum Gasteiger partial charge on any atom is -0.453 e. The topological polar surface area (TPSA) is 106 Å². The molecular formula is C25H33N3O6. The van der Waals surface area contributed by atoms with Crippen molar-refractivity contribution in [2.45, 2.75) is 25.2 Å². The summed E-state index contributed by atoms with van der Waals surface area (Å²) in [6.07, 6.45) is -0.430. The van der Waals surface area contributed by atoms with Gasteiger partial charge in [0.15, 0.2) is 6.29 Å². The predicted octanol–water partition coefficient (Wildman–Crippen LogP) is 1.76. The van der Waals surface area contributed by atoms with Gasteiger partial charge in [-0.15, -0.1) is 0 Å². The van der Waals surface area contributed by atoms with E-state index >= 15 is 0 Å². The number of carbonyl (C=O) groups excluding carboxylic acids is 3. The van der Waals surface area contributed by atoms with Gasteiger partial charge in [-0.05, 0) is 17.5 Å². The zero-order chi connectivity index (χ0) is 24.8. The number of alkyl carbamates (subject to hydrolysis) is 1. The van der Waals surface area contributed by atoms with Gasteiger partial charge in [-0.2, -0.15) is 0 Å². The molecule has 2 rings (SSSR count). The Labute approximate surface area is 200 Å². The van der Waals surface area contributed by atoms with Crippen LogP contribution in [0, 0.1) is 0 Å². The van der Waals surface area contributed by atoms with Crippen LogP contribution in [-0.4, -0.2) is 76.1 Å². The molecule has 0 aliphatic rings. The number of nitrogens with zero attached hydrogens (tertiary/aromatic N) is 1. The maximum absolute atomic E-state index is 13.7. The van der Waals surface area contributed by atoms with Crippen molar-refractivity contribution in [2.24, 2.45) is 0 Å². The fourth-order valence-electron chi connectivity index (χ4n) is 3.37. The first kappa shape index (κ1) is 26.8. The second-order valence-electron chi connectivity index (χ2n) is 7.58. The first-order valence-electron chi connectivity index (χ1n) is 11.0. The van der Waals surface area contributed by atoms with Crippen LogP contribution in [0.5, 0.6) is 0 Å². The summed E-state index contributed by atoms with van der Waals surface area (Å²) >= 11 is 0. The molecule has 0 aromatic heterocycles. The molecule has 0 aliphatic carbocycles. The van der Waals surface area contributed by atoms with Crippen LogP contribution in [0.2, 0.25) is 0 Å². The van der Waals surface area contributed by atoms with Crippen LogP contribution in [0.3, 0.4) is 0 Å². The van der Waals surface area contributed by atoms with Crippen LogP contribution in [0.25, 0.3) is 0 Å². The molecule has 3 amide bonds. The number of nitrogens with one attached hydrogen (secondary N) is 2. The van der Waals surface area contributed by atoms with E-state index in [1.54, 1.807) is 4.90 Å². The average molecular weight is 472 g/mol. The van der Waals surface area contributed by atoms with Crippen molar-refractivity contribution in [1.82, 2.24) is 15.5 Å². The molecule has 0 radical (unpaired) electrons. The molecule has 2 aromatic carbocycles. The van der Waals surface area contributed by atoms with Gasteiger partial charge in [0, 0.05) is 27.2 Å². The standard InChI is InChI=1S/C25H33N3O6/c1-32-23(33-2)18-28(15-14-19-10-6-4-7-11-19)24(30)21(16-20-12-8-5-9-13-20)27-22(29)17-26-25(31)34-3/h4-13,21,23H,14-18H2,1-3H3,(H,26,31)(H,27,29). The molecule has 0 spiro atoms. The molecular weight excluding hydrogens is 438 g/mol. The highest BCUT2D eigenvalue weighted by molar-refractivity contribution is 5.89. The number of ether oxygens (including phenoxy) is 3. The third-order valence-electron chi connectivity index (χ3n) is 5.21. The quantitative estimate of drug-likeness (QED) is 0.431. The fraction of sp³-hybridized carbons (Fsp3) is 0.400. The Morgan fingerprint density at radius 3 is 2.03 bits per heavy atom. The van der Waals surface area contributed by atoms with E-state index in [1.807, 2.05) is 60.7 Å². The second kappa shape index (κ2) is 14.7. The fourth-order valence-corrected chi connectivity index (χ4v) is 3.37. The predicted molar refractivity (Wildman–Crippen MR) is 127 cm³/mol. The molecule has 34 heavy (non-hydrogen) atoms. The summed E-state index contributed by atoms with van der Waals surface area (Å²) in [6, 6.07) is 18.4. The smallest absolute Gasteiger partial charge is 0.407 e. The van der Waals surface area contributed by atoms with Gasteiger partial charge in [0.25, 0.3) is 0 Å². The van der Waals surface area contributed by atoms with Crippen molar-refractivity contribution < 1.29 is 28.6 Å². The van der Waals surface area contributed by atoms with Gasteiger partial charge >= 0.3 is 6.09 Å². The summed E-state index contributed by atoms with van der Waals surface area (Å²) in [5, 5.41) is 5.08. The summed E-state index contributed by atoms with van der Waals surface area (Å²) in [7, 11) is 4.23. The van der Waals surface area contributed by atoms with Gasteiger partial charge in [0.2, 0.25) is 11.8 Å². The maximum atomic E-state index is 13.7. The van der Waals surface area contributed by atoms with Gasteiger partial charge in [-0.1, -0.05) is 60.7 Å². The third-order valence-corrected chi connectivity index (χ3v) is 5.21. The Morgan fingerprint density at radius 2 is 1.47 bits per heavy atom. The number of benzene rings is 2. The van der Waals surface area contributed by atoms with E-state index in [9.17, 15) is 14.4 Å². The zero-order valence-corrected chi connectivity index (χ0v) is 19.9. The molecule has 0 saturated carbocycles. The van der Waals surface area contributed by atoms with Crippen molar-refractivity contribution in [3.8, 4) is 0 Å². The van der Waals surface area contributed by atoms with Gasteiger partial charge in [-0.3, -0.25) is 9.59 Å². The third kappa shape index (κ3) is 9.21. The number of rotatable bonds is 13. The van der Waals surface area contributed by atoms with Gasteiger partial charge in [-0.25, -0.2) is 4.79 Å². The zero-order valence-electron chi connectivity index (χ0n) is 19.9. The lowest BCUT2D eigenvalue weighted by molar-refractivity contribution is -0.148. The van der Waals surface area contributed by atoms with Crippen molar-refractivity contribution in [1.29, 1.82) is 0 Å². The van der Waals surface area contributed by atoms with E-state index in [-0.39, 0.29) is 25.4 Å². The van der Waals surface area contributed by atoms with Crippen LogP contribution in [0.1, 0.15) is 11.1 Å². The molecule has 9 nitrogen and oxygen atoms in total. The molecule has 0 aliphatic heterocycles. The monoisotopic (exact) mass is 471 g/mol. The van der Waals surface area contributed by atoms with Gasteiger partial charge in [0.05, 0.1) is 13.7 Å². The SMILES string of the molecule is COC(=O)NCC(=O)NC(Cc1ccccc1)C(=O)N(CCc1ccccc1)CC(OC)OC. The molecule has 2 aromatic rings. The highest BCUT2D eigenvalue weighted by Gasteiger charge is 2.28. The average Bonchev–Trinajstić information content (AvgIpc) is 2.88. The number of hydrogen-bond acceptors (Lipinski definition) is 6. The first-order valence-corrected chi connectivity index (χ1v) is 11.0. The Balaban J connectivity index is 2.20. The molecule has 0 fully saturated rings. The molecule has 0 heterocycles. The van der Waals surface area contributed by atoms with E-state index in [2.05, 4.69) is 15.4 Å². The van der Waals surface area contributed by atoms with Crippen LogP contribution in [0.15, 0.2) is 60.7 Å². The highest BCUT2D eigenvalue weighted by atomic mass is 16.7. The number of methoxy groups -OCH3 is 3. The van der Waals surface area contributed by atoms with E-state index < -0.39 is 24.3 Å². The molecule has 1 unspecified atom stereocenters. The van der Waals surface area contributed by atoms with Crippen LogP contribution in [-0.2, 0) is 36.6 Å². The summed E-state index contributed by atoms with van der Waals surface area (Å²) in [4.78, 5) is 39.1. The summed E-state index contributed by atoms with van der Waals surface area (Å²) in [5.74, 6) is -0.775. The molecule has 184 valence electrons. The Bertz CT molecular complexity index is 890. The Kier molecular flexibility index (Phi) is 11.6. The van der Waals surface area contributed by atoms with E-state index in [1.165, 1.54) is 21.3 Å². The molecule has 1 atom stereocenters. The molecule has 0 saturated heterocycles. The minimum absolute atomic E-state index is 0.195. The van der Waals surface area contributed by atoms with Crippen molar-refractivity contribution >= 4 is 17.9 Å². The van der Waals surface area contributed by atoms with E-state index in [0.717, 1.165) is 11.1 Å². The summed E-state index contributed by atoms with van der Waals surface area (Å²) < 4.78 is 15.1. The van der Waals surface area contributed by atoms with Crippen LogP contribution < -0.4 is 10.6 Å². The van der Waals surface area contributed by atoms with Crippen molar-refractivity contribution in [3.63, 3.8) is 0 Å². The van der Waals surface area contributed by atoms with Crippen LogP contribution >= 0.6 is 0 Å². The largest absolute Gasteiger partial charge is 0.453 e. The highest BCUT2D eigenvalue weighted by Crippen LogP contribution is 2.10. The molecule has 9 heteroatoms. The van der Waals surface area contributed by atoms with Gasteiger partial charge < -0.3 is 29.7 Å². The lowest BCUT2D eigenvalue weighted by Gasteiger charge is -2.30. The maximum Gasteiger partial charge on any atom is 0.407 e. The first-order chi connectivity index (χ1) is 16.5. The second-order valence-corrected chi connectivity index (χ2v) is 7.58. The van der Waals surface area contributed by atoms with Gasteiger partial charge in [0.1, 0.15) is 12.6 Å². The van der Waals surface area contributed by atoms with E-state index in [0.29, 0.717) is 13.0 Å². The minimum atomic E-state index is -0.848. The van der Waals surface area contributed by atoms with Crippen LogP contribution in [0.4, 0.5) is 4.79 Å². The molecule has 0 bridgehead atoms. The Hall–Kier alpha value is -3.43. The van der Waals surface area contributed by atoms with E-state index in [4.69, 9.17) is 9.47 Å². The normalized spacial score (nSPS) is 11.5. The Morgan fingerprint density at radius 1 is 0.882 bits per heavy atom. The number of carbonyl (C=O) groups is 3. The lowest BCUT2D eigenvalue weighted by Crippen LogP contribution is -2.53. The van der Waals surface area contributed by atoms with Crippen molar-refractivity contribution in [3.05, 3.63) is 71.8 Å². The summed E-state index contributed by atoms with van der Waals surface area (Å²) in [5.41, 5.74) is 1.97. The lowest BCUT2D eigenvalue weighted by atomic mass is 10.0. The summed E-state index contributed by atoms with van der Waals surface area (Å²) in [6.45, 7) is 0.294. The number of hydrogen-bond donors (Lipinski definition) is 2. The van der Waals surface area contributed by atoms with Crippen molar-refractivity contribution in [2.75, 3.05) is 41.0 Å².